The summed E-state index contributed by atoms with van der Waals surface area (Å²) < 4.78 is 5.09. The molecule has 0 saturated carbocycles. The van der Waals surface area contributed by atoms with Crippen molar-refractivity contribution in [3.8, 4) is 28.8 Å². The Morgan fingerprint density at radius 2 is 2.08 bits per heavy atom. The van der Waals surface area contributed by atoms with Gasteiger partial charge in [-0.15, -0.1) is 11.3 Å². The molecule has 1 heterocycles. The quantitative estimate of drug-likeness (QED) is 0.639. The fourth-order valence-electron chi connectivity index (χ4n) is 2.28. The van der Waals surface area contributed by atoms with E-state index in [2.05, 4.69) is 11.1 Å². The summed E-state index contributed by atoms with van der Waals surface area (Å²) in [6.45, 7) is 0. The summed E-state index contributed by atoms with van der Waals surface area (Å²) in [5.41, 5.74) is 2.88. The van der Waals surface area contributed by atoms with Crippen molar-refractivity contribution < 1.29 is 9.84 Å². The Kier molecular flexibility index (Phi) is 5.03. The molecule has 1 aromatic heterocycles. The van der Waals surface area contributed by atoms with Gasteiger partial charge in [-0.25, -0.2) is 4.98 Å². The van der Waals surface area contributed by atoms with Crippen LogP contribution in [0.4, 0.5) is 0 Å². The topological polar surface area (TPSA) is 66.1 Å². The molecule has 2 aromatic carbocycles. The number of nitrogens with zero attached hydrogens (tertiary/aromatic N) is 2. The number of benzene rings is 2. The summed E-state index contributed by atoms with van der Waals surface area (Å²) in [5.74, 6) is 0.126. The molecule has 0 atom stereocenters. The smallest absolute Gasteiger partial charge is 0.176 e. The highest BCUT2D eigenvalue weighted by molar-refractivity contribution is 7.11. The van der Waals surface area contributed by atoms with Crippen molar-refractivity contribution in [2.24, 2.45) is 0 Å². The van der Waals surface area contributed by atoms with Gasteiger partial charge in [-0.05, 0) is 23.8 Å². The molecule has 0 bridgehead atoms. The number of phenolic OH excluding ortho intramolecular Hbond substituents is 1. The second kappa shape index (κ2) is 7.39. The van der Waals surface area contributed by atoms with E-state index in [4.69, 9.17) is 16.3 Å². The number of thiazole rings is 1. The van der Waals surface area contributed by atoms with Crippen molar-refractivity contribution >= 4 is 34.6 Å². The molecule has 0 aliphatic heterocycles. The maximum Gasteiger partial charge on any atom is 0.176 e. The highest BCUT2D eigenvalue weighted by Crippen LogP contribution is 2.36. The van der Waals surface area contributed by atoms with Gasteiger partial charge in [0.2, 0.25) is 0 Å². The predicted octanol–water partition coefficient (Wildman–Crippen LogP) is 5.24. The van der Waals surface area contributed by atoms with E-state index in [9.17, 15) is 10.4 Å². The molecule has 1 N–H and O–H groups in total. The highest BCUT2D eigenvalue weighted by atomic mass is 35.5. The Balaban J connectivity index is 1.99. The molecule has 0 amide bonds. The third kappa shape index (κ3) is 3.66. The fraction of sp³-hybridized carbons (Fsp3) is 0.0526. The molecule has 4 nitrogen and oxygen atoms in total. The zero-order valence-corrected chi connectivity index (χ0v) is 14.8. The van der Waals surface area contributed by atoms with Gasteiger partial charge >= 0.3 is 0 Å². The van der Waals surface area contributed by atoms with Gasteiger partial charge in [-0.1, -0.05) is 41.9 Å². The summed E-state index contributed by atoms with van der Waals surface area (Å²) in [6.07, 6.45) is 1.67. The summed E-state index contributed by atoms with van der Waals surface area (Å²) in [5, 5.41) is 22.0. The molecular formula is C19H13ClN2O2S. The first-order valence-corrected chi connectivity index (χ1v) is 8.57. The zero-order chi connectivity index (χ0) is 17.8. The Labute approximate surface area is 154 Å². The van der Waals surface area contributed by atoms with Gasteiger partial charge in [-0.3, -0.25) is 0 Å². The molecule has 0 spiro atoms. The number of methoxy groups -OCH3 is 1. The van der Waals surface area contributed by atoms with E-state index in [1.54, 1.807) is 18.2 Å². The summed E-state index contributed by atoms with van der Waals surface area (Å²) in [7, 11) is 1.44. The first-order chi connectivity index (χ1) is 12.1. The number of hydrogen-bond acceptors (Lipinski definition) is 5. The molecule has 0 aliphatic carbocycles. The fourth-order valence-corrected chi connectivity index (χ4v) is 3.29. The largest absolute Gasteiger partial charge is 0.503 e. The van der Waals surface area contributed by atoms with Crippen molar-refractivity contribution in [2.75, 3.05) is 7.11 Å². The van der Waals surface area contributed by atoms with Gasteiger partial charge in [0, 0.05) is 10.9 Å². The average Bonchev–Trinajstić information content (AvgIpc) is 3.13. The highest BCUT2D eigenvalue weighted by Gasteiger charge is 2.12. The zero-order valence-electron chi connectivity index (χ0n) is 13.2. The van der Waals surface area contributed by atoms with Crippen LogP contribution in [-0.4, -0.2) is 17.2 Å². The third-order valence-corrected chi connectivity index (χ3v) is 4.67. The molecule has 6 heteroatoms. The van der Waals surface area contributed by atoms with Gasteiger partial charge in [-0.2, -0.15) is 5.26 Å². The number of aromatic hydroxyl groups is 1. The van der Waals surface area contributed by atoms with E-state index < -0.39 is 0 Å². The van der Waals surface area contributed by atoms with Crippen LogP contribution in [0.1, 0.15) is 10.6 Å². The minimum atomic E-state index is -0.125. The average molecular weight is 369 g/mol. The Morgan fingerprint density at radius 1 is 1.32 bits per heavy atom. The van der Waals surface area contributed by atoms with Crippen LogP contribution >= 0.6 is 22.9 Å². The van der Waals surface area contributed by atoms with E-state index in [-0.39, 0.29) is 16.5 Å². The molecule has 0 saturated heterocycles. The lowest BCUT2D eigenvalue weighted by atomic mass is 10.1. The lowest BCUT2D eigenvalue weighted by molar-refractivity contribution is 0.373. The standard InChI is InChI=1S/C19H13ClN2O2S/c1-24-17-9-12(8-15(20)18(17)23)7-14(10-21)19-22-16(11-25-19)13-5-3-2-4-6-13/h2-9,11,23H,1H3/b14-7-. The molecule has 0 unspecified atom stereocenters. The molecule has 0 radical (unpaired) electrons. The Morgan fingerprint density at radius 3 is 2.76 bits per heavy atom. The molecule has 124 valence electrons. The predicted molar refractivity (Wildman–Crippen MR) is 101 cm³/mol. The molecule has 3 aromatic rings. The van der Waals surface area contributed by atoms with Crippen LogP contribution < -0.4 is 4.74 Å². The van der Waals surface area contributed by atoms with Gasteiger partial charge in [0.05, 0.1) is 23.4 Å². The monoisotopic (exact) mass is 368 g/mol. The van der Waals surface area contributed by atoms with E-state index >= 15 is 0 Å². The normalized spacial score (nSPS) is 11.2. The Hall–Kier alpha value is -2.81. The van der Waals surface area contributed by atoms with Crippen LogP contribution in [0.3, 0.4) is 0 Å². The first-order valence-electron chi connectivity index (χ1n) is 7.32. The first kappa shape index (κ1) is 17.0. The van der Waals surface area contributed by atoms with Crippen LogP contribution in [0.5, 0.6) is 11.5 Å². The van der Waals surface area contributed by atoms with Crippen molar-refractivity contribution in [1.82, 2.24) is 4.98 Å². The Bertz CT molecular complexity index is 975. The molecule has 25 heavy (non-hydrogen) atoms. The maximum atomic E-state index is 9.81. The van der Waals surface area contributed by atoms with Crippen molar-refractivity contribution in [2.45, 2.75) is 0 Å². The number of nitriles is 1. The van der Waals surface area contributed by atoms with Gasteiger partial charge in [0.15, 0.2) is 11.5 Å². The lowest BCUT2D eigenvalue weighted by Gasteiger charge is -2.06. The van der Waals surface area contributed by atoms with E-state index in [0.717, 1.165) is 11.3 Å². The van der Waals surface area contributed by atoms with Crippen LogP contribution in [0.25, 0.3) is 22.9 Å². The third-order valence-electron chi connectivity index (χ3n) is 3.51. The molecule has 0 fully saturated rings. The lowest BCUT2D eigenvalue weighted by Crippen LogP contribution is -1.87. The van der Waals surface area contributed by atoms with Crippen LogP contribution in [0.15, 0.2) is 47.8 Å². The summed E-state index contributed by atoms with van der Waals surface area (Å²) in [6, 6.07) is 15.1. The minimum absolute atomic E-state index is 0.125. The number of rotatable bonds is 4. The van der Waals surface area contributed by atoms with Crippen LogP contribution in [-0.2, 0) is 0 Å². The second-order valence-electron chi connectivity index (χ2n) is 5.13. The van der Waals surface area contributed by atoms with Gasteiger partial charge in [0.1, 0.15) is 11.1 Å². The number of hydrogen-bond donors (Lipinski definition) is 1. The van der Waals surface area contributed by atoms with Crippen molar-refractivity contribution in [1.29, 1.82) is 5.26 Å². The van der Waals surface area contributed by atoms with E-state index in [0.29, 0.717) is 16.1 Å². The molecule has 3 rings (SSSR count). The number of ether oxygens (including phenoxy) is 1. The number of aromatic nitrogens is 1. The molecular weight excluding hydrogens is 356 g/mol. The maximum absolute atomic E-state index is 9.81. The van der Waals surface area contributed by atoms with Gasteiger partial charge in [0.25, 0.3) is 0 Å². The number of allylic oxidation sites excluding steroid dienone is 1. The van der Waals surface area contributed by atoms with Crippen LogP contribution in [0, 0.1) is 11.3 Å². The van der Waals surface area contributed by atoms with E-state index in [1.807, 2.05) is 35.7 Å². The van der Waals surface area contributed by atoms with Crippen molar-refractivity contribution in [3.05, 3.63) is 63.4 Å². The minimum Gasteiger partial charge on any atom is -0.503 e. The van der Waals surface area contributed by atoms with Gasteiger partial charge < -0.3 is 9.84 Å². The molecule has 0 aliphatic rings. The number of halogens is 1. The van der Waals surface area contributed by atoms with E-state index in [1.165, 1.54) is 18.4 Å². The van der Waals surface area contributed by atoms with Crippen LogP contribution in [0.2, 0.25) is 5.02 Å². The van der Waals surface area contributed by atoms with Crippen molar-refractivity contribution in [3.63, 3.8) is 0 Å². The second-order valence-corrected chi connectivity index (χ2v) is 6.39. The number of phenols is 1. The summed E-state index contributed by atoms with van der Waals surface area (Å²) >= 11 is 7.40. The summed E-state index contributed by atoms with van der Waals surface area (Å²) in [4.78, 5) is 4.54. The SMILES string of the molecule is COc1cc(/C=C(/C#N)c2nc(-c3ccccc3)cs2)cc(Cl)c1O.